The topological polar surface area (TPSA) is 81.5 Å². The summed E-state index contributed by atoms with van der Waals surface area (Å²) in [6.45, 7) is 3.70. The zero-order valence-electron chi connectivity index (χ0n) is 13.7. The molecule has 0 atom stereocenters. The van der Waals surface area contributed by atoms with Crippen LogP contribution in [0.25, 0.3) is 0 Å². The van der Waals surface area contributed by atoms with Crippen LogP contribution in [-0.2, 0) is 11.2 Å². The minimum absolute atomic E-state index is 0.00563. The van der Waals surface area contributed by atoms with Crippen LogP contribution < -0.4 is 10.1 Å². The summed E-state index contributed by atoms with van der Waals surface area (Å²) in [6, 6.07) is 11.9. The number of nitrogens with zero attached hydrogens (tertiary/aromatic N) is 1. The van der Waals surface area contributed by atoms with Gasteiger partial charge >= 0.3 is 0 Å². The molecule has 0 aliphatic heterocycles. The largest absolute Gasteiger partial charge is 0.484 e. The second-order valence-electron chi connectivity index (χ2n) is 5.49. The van der Waals surface area contributed by atoms with Gasteiger partial charge in [0.2, 0.25) is 0 Å². The van der Waals surface area contributed by atoms with Crippen LogP contribution in [0, 0.1) is 17.0 Å². The lowest BCUT2D eigenvalue weighted by atomic mass is 10.1. The number of ether oxygens (including phenoxy) is 1. The molecule has 0 spiro atoms. The Morgan fingerprint density at radius 2 is 1.92 bits per heavy atom. The van der Waals surface area contributed by atoms with Crippen molar-refractivity contribution in [3.8, 4) is 5.75 Å². The molecule has 0 bridgehead atoms. The second kappa shape index (κ2) is 8.10. The Kier molecular flexibility index (Phi) is 5.89. The van der Waals surface area contributed by atoms with Gasteiger partial charge < -0.3 is 10.1 Å². The molecule has 0 saturated heterocycles. The summed E-state index contributed by atoms with van der Waals surface area (Å²) >= 11 is 0. The molecule has 1 amide bonds. The first-order valence-electron chi connectivity index (χ1n) is 7.76. The highest BCUT2D eigenvalue weighted by molar-refractivity contribution is 5.92. The number of non-ortho nitro benzene ring substituents is 1. The number of rotatable bonds is 7. The van der Waals surface area contributed by atoms with E-state index in [4.69, 9.17) is 4.74 Å². The van der Waals surface area contributed by atoms with Crippen molar-refractivity contribution in [1.29, 1.82) is 0 Å². The Labute approximate surface area is 140 Å². The molecule has 0 unspecified atom stereocenters. The number of benzene rings is 2. The second-order valence-corrected chi connectivity index (χ2v) is 5.49. The SMILES string of the molecule is CCCc1ccc(OCC(=O)Nc2ccc([N+](=O)[O-])cc2C)cc1. The molecule has 0 aromatic heterocycles. The first-order valence-corrected chi connectivity index (χ1v) is 7.76. The van der Waals surface area contributed by atoms with E-state index in [-0.39, 0.29) is 18.2 Å². The molecule has 0 aliphatic rings. The lowest BCUT2D eigenvalue weighted by molar-refractivity contribution is -0.384. The van der Waals surface area contributed by atoms with E-state index in [1.165, 1.54) is 23.8 Å². The van der Waals surface area contributed by atoms with Crippen molar-refractivity contribution in [2.24, 2.45) is 0 Å². The standard InChI is InChI=1S/C18H20N2O4/c1-3-4-14-5-8-16(9-6-14)24-12-18(21)19-17-10-7-15(20(22)23)11-13(17)2/h5-11H,3-4,12H2,1-2H3,(H,19,21). The highest BCUT2D eigenvalue weighted by atomic mass is 16.6. The molecular formula is C18H20N2O4. The molecule has 6 heteroatoms. The van der Waals surface area contributed by atoms with Crippen molar-refractivity contribution in [2.75, 3.05) is 11.9 Å². The number of hydrogen-bond acceptors (Lipinski definition) is 4. The summed E-state index contributed by atoms with van der Waals surface area (Å²) in [5.41, 5.74) is 2.39. The minimum atomic E-state index is -0.468. The van der Waals surface area contributed by atoms with Crippen LogP contribution in [0.2, 0.25) is 0 Å². The van der Waals surface area contributed by atoms with E-state index in [0.29, 0.717) is 17.0 Å². The van der Waals surface area contributed by atoms with E-state index in [9.17, 15) is 14.9 Å². The van der Waals surface area contributed by atoms with Gasteiger partial charge in [0.1, 0.15) is 5.75 Å². The molecule has 2 aromatic rings. The van der Waals surface area contributed by atoms with Crippen LogP contribution >= 0.6 is 0 Å². The summed E-state index contributed by atoms with van der Waals surface area (Å²) in [6.07, 6.45) is 2.09. The maximum absolute atomic E-state index is 12.0. The van der Waals surface area contributed by atoms with Crippen LogP contribution in [0.3, 0.4) is 0 Å². The number of aryl methyl sites for hydroxylation is 2. The highest BCUT2D eigenvalue weighted by Gasteiger charge is 2.10. The first kappa shape index (κ1) is 17.5. The van der Waals surface area contributed by atoms with Gasteiger partial charge in [0, 0.05) is 17.8 Å². The van der Waals surface area contributed by atoms with Gasteiger partial charge in [0.15, 0.2) is 6.61 Å². The predicted molar refractivity (Wildman–Crippen MR) is 92.4 cm³/mol. The van der Waals surface area contributed by atoms with E-state index in [1.807, 2.05) is 24.3 Å². The van der Waals surface area contributed by atoms with Gasteiger partial charge in [-0.05, 0) is 42.7 Å². The third kappa shape index (κ3) is 4.81. The van der Waals surface area contributed by atoms with E-state index in [2.05, 4.69) is 12.2 Å². The summed E-state index contributed by atoms with van der Waals surface area (Å²) < 4.78 is 5.45. The fourth-order valence-electron chi connectivity index (χ4n) is 2.28. The molecule has 1 N–H and O–H groups in total. The Balaban J connectivity index is 1.90. The quantitative estimate of drug-likeness (QED) is 0.618. The van der Waals surface area contributed by atoms with Crippen LogP contribution in [0.5, 0.6) is 5.75 Å². The summed E-state index contributed by atoms with van der Waals surface area (Å²) in [5.74, 6) is 0.315. The fourth-order valence-corrected chi connectivity index (χ4v) is 2.28. The summed E-state index contributed by atoms with van der Waals surface area (Å²) in [7, 11) is 0. The van der Waals surface area contributed by atoms with Crippen molar-refractivity contribution in [3.05, 3.63) is 63.7 Å². The smallest absolute Gasteiger partial charge is 0.269 e. The molecule has 6 nitrogen and oxygen atoms in total. The average Bonchev–Trinajstić information content (AvgIpc) is 2.56. The number of anilines is 1. The Hall–Kier alpha value is -2.89. The number of carbonyl (C=O) groups is 1. The van der Waals surface area contributed by atoms with Gasteiger partial charge in [-0.3, -0.25) is 14.9 Å². The zero-order valence-corrected chi connectivity index (χ0v) is 13.7. The van der Waals surface area contributed by atoms with E-state index in [1.54, 1.807) is 6.92 Å². The van der Waals surface area contributed by atoms with Crippen molar-refractivity contribution >= 4 is 17.3 Å². The molecule has 24 heavy (non-hydrogen) atoms. The third-order valence-electron chi connectivity index (χ3n) is 3.53. The van der Waals surface area contributed by atoms with E-state index >= 15 is 0 Å². The van der Waals surface area contributed by atoms with E-state index in [0.717, 1.165) is 12.8 Å². The van der Waals surface area contributed by atoms with Crippen molar-refractivity contribution in [3.63, 3.8) is 0 Å². The molecule has 2 rings (SSSR count). The number of carbonyl (C=O) groups excluding carboxylic acids is 1. The number of nitrogens with one attached hydrogen (secondary N) is 1. The van der Waals surface area contributed by atoms with Gasteiger partial charge in [0.05, 0.1) is 4.92 Å². The van der Waals surface area contributed by atoms with Crippen LogP contribution in [-0.4, -0.2) is 17.4 Å². The lowest BCUT2D eigenvalue weighted by Gasteiger charge is -2.10. The molecular weight excluding hydrogens is 308 g/mol. The molecule has 126 valence electrons. The van der Waals surface area contributed by atoms with Crippen molar-refractivity contribution < 1.29 is 14.5 Å². The Morgan fingerprint density at radius 3 is 2.50 bits per heavy atom. The average molecular weight is 328 g/mol. The molecule has 0 fully saturated rings. The van der Waals surface area contributed by atoms with Gasteiger partial charge in [-0.1, -0.05) is 25.5 Å². The highest BCUT2D eigenvalue weighted by Crippen LogP contribution is 2.21. The Morgan fingerprint density at radius 1 is 1.21 bits per heavy atom. The number of nitro groups is 1. The molecule has 0 aliphatic carbocycles. The monoisotopic (exact) mass is 328 g/mol. The molecule has 0 radical (unpaired) electrons. The summed E-state index contributed by atoms with van der Waals surface area (Å²) in [4.78, 5) is 22.2. The lowest BCUT2D eigenvalue weighted by Crippen LogP contribution is -2.20. The number of hydrogen-bond donors (Lipinski definition) is 1. The Bertz CT molecular complexity index is 726. The molecule has 0 saturated carbocycles. The van der Waals surface area contributed by atoms with Gasteiger partial charge in [-0.25, -0.2) is 0 Å². The van der Waals surface area contributed by atoms with Crippen LogP contribution in [0.15, 0.2) is 42.5 Å². The predicted octanol–water partition coefficient (Wildman–Crippen LogP) is 3.87. The normalized spacial score (nSPS) is 10.2. The van der Waals surface area contributed by atoms with Gasteiger partial charge in [0.25, 0.3) is 11.6 Å². The number of nitro benzene ring substituents is 1. The van der Waals surface area contributed by atoms with Crippen LogP contribution in [0.1, 0.15) is 24.5 Å². The number of amides is 1. The van der Waals surface area contributed by atoms with Crippen molar-refractivity contribution in [2.45, 2.75) is 26.7 Å². The molecule has 2 aromatic carbocycles. The van der Waals surface area contributed by atoms with Gasteiger partial charge in [-0.15, -0.1) is 0 Å². The fraction of sp³-hybridized carbons (Fsp3) is 0.278. The van der Waals surface area contributed by atoms with Crippen molar-refractivity contribution in [1.82, 2.24) is 0 Å². The van der Waals surface area contributed by atoms with Gasteiger partial charge in [-0.2, -0.15) is 0 Å². The third-order valence-corrected chi connectivity index (χ3v) is 3.53. The van der Waals surface area contributed by atoms with Crippen LogP contribution in [0.4, 0.5) is 11.4 Å². The maximum atomic E-state index is 12.0. The minimum Gasteiger partial charge on any atom is -0.484 e. The molecule has 0 heterocycles. The maximum Gasteiger partial charge on any atom is 0.269 e. The zero-order chi connectivity index (χ0) is 17.5. The summed E-state index contributed by atoms with van der Waals surface area (Å²) in [5, 5.41) is 13.4. The first-order chi connectivity index (χ1) is 11.5. The van der Waals surface area contributed by atoms with E-state index < -0.39 is 4.92 Å².